The van der Waals surface area contributed by atoms with Gasteiger partial charge in [0.1, 0.15) is 12.5 Å². The van der Waals surface area contributed by atoms with Crippen molar-refractivity contribution in [2.45, 2.75) is 19.7 Å². The van der Waals surface area contributed by atoms with Crippen LogP contribution < -0.4 is 5.32 Å². The van der Waals surface area contributed by atoms with Gasteiger partial charge >= 0.3 is 0 Å². The second-order valence-corrected chi connectivity index (χ2v) is 7.21. The van der Waals surface area contributed by atoms with Crippen molar-refractivity contribution in [3.63, 3.8) is 0 Å². The first-order valence-electron chi connectivity index (χ1n) is 9.93. The highest BCUT2D eigenvalue weighted by Gasteiger charge is 2.22. The van der Waals surface area contributed by atoms with Crippen molar-refractivity contribution >= 4 is 17.0 Å². The van der Waals surface area contributed by atoms with E-state index in [0.717, 1.165) is 27.9 Å². The van der Waals surface area contributed by atoms with E-state index in [1.165, 1.54) is 12.1 Å². The zero-order chi connectivity index (χ0) is 21.8. The predicted octanol–water partition coefficient (Wildman–Crippen LogP) is 4.35. The maximum absolute atomic E-state index is 13.6. The lowest BCUT2D eigenvalue weighted by molar-refractivity contribution is 0.136. The van der Waals surface area contributed by atoms with Crippen LogP contribution in [-0.2, 0) is 16.2 Å². The summed E-state index contributed by atoms with van der Waals surface area (Å²) in [4.78, 5) is 13.7. The number of methoxy groups -OCH3 is 2. The first-order valence-corrected chi connectivity index (χ1v) is 9.93. The van der Waals surface area contributed by atoms with E-state index in [4.69, 9.17) is 14.5 Å². The molecule has 1 N–H and O–H groups in total. The number of aromatic nitrogens is 4. The first-order chi connectivity index (χ1) is 15.1. The maximum Gasteiger partial charge on any atom is 0.223 e. The molecule has 0 radical (unpaired) electrons. The molecule has 8 heteroatoms. The molecular formula is C23H24FN5O2. The molecule has 1 aromatic carbocycles. The van der Waals surface area contributed by atoms with E-state index >= 15 is 0 Å². The molecule has 7 nitrogen and oxygen atoms in total. The summed E-state index contributed by atoms with van der Waals surface area (Å²) in [5.41, 5.74) is 4.93. The summed E-state index contributed by atoms with van der Waals surface area (Å²) in [6.45, 7) is 2.84. The number of hydrogen-bond donors (Lipinski definition) is 1. The van der Waals surface area contributed by atoms with Crippen molar-refractivity contribution in [3.05, 3.63) is 60.7 Å². The van der Waals surface area contributed by atoms with E-state index in [1.807, 2.05) is 29.7 Å². The van der Waals surface area contributed by atoms with Crippen LogP contribution in [0.15, 0.2) is 54.9 Å². The number of nitrogens with zero attached hydrogens (tertiary/aromatic N) is 4. The van der Waals surface area contributed by atoms with Gasteiger partial charge in [0, 0.05) is 38.2 Å². The monoisotopic (exact) mass is 421 g/mol. The third-order valence-corrected chi connectivity index (χ3v) is 4.90. The minimum absolute atomic E-state index is 0.0447. The van der Waals surface area contributed by atoms with Gasteiger partial charge in [0.2, 0.25) is 5.95 Å². The molecule has 1 unspecified atom stereocenters. The van der Waals surface area contributed by atoms with E-state index in [-0.39, 0.29) is 11.9 Å². The van der Waals surface area contributed by atoms with E-state index < -0.39 is 0 Å². The Kier molecular flexibility index (Phi) is 6.20. The van der Waals surface area contributed by atoms with Gasteiger partial charge in [-0.15, -0.1) is 0 Å². The molecule has 0 amide bonds. The number of pyridine rings is 1. The number of fused-ring (bicyclic) bond motifs is 1. The van der Waals surface area contributed by atoms with Gasteiger partial charge in [0.25, 0.3) is 0 Å². The molecule has 0 aliphatic carbocycles. The van der Waals surface area contributed by atoms with Crippen LogP contribution in [0.3, 0.4) is 0 Å². The molecule has 0 aliphatic heterocycles. The number of benzene rings is 1. The minimum atomic E-state index is -0.292. The van der Waals surface area contributed by atoms with Gasteiger partial charge in [0.15, 0.2) is 0 Å². The molecule has 0 spiro atoms. The molecule has 0 bridgehead atoms. The summed E-state index contributed by atoms with van der Waals surface area (Å²) in [5, 5.41) is 3.25. The van der Waals surface area contributed by atoms with E-state index in [0.29, 0.717) is 25.0 Å². The lowest BCUT2D eigenvalue weighted by Crippen LogP contribution is -2.22. The highest BCUT2D eigenvalue weighted by molar-refractivity contribution is 6.01. The molecule has 0 saturated heterocycles. The van der Waals surface area contributed by atoms with Crippen molar-refractivity contribution in [2.75, 3.05) is 26.1 Å². The van der Waals surface area contributed by atoms with Gasteiger partial charge in [-0.2, -0.15) is 0 Å². The van der Waals surface area contributed by atoms with Crippen molar-refractivity contribution in [1.29, 1.82) is 0 Å². The molecular weight excluding hydrogens is 397 g/mol. The third kappa shape index (κ3) is 4.26. The standard InChI is InChI=1S/C23H24FN5O2/c1-15(13-30-2)27-23-26-12-10-18(28-23)22-20(16-6-8-17(24)9-7-16)21-19(5-4-11-25-21)29(22)14-31-3/h4-12,15H,13-14H2,1-3H3,(H,26,27,28). The topological polar surface area (TPSA) is 74.1 Å². The fourth-order valence-corrected chi connectivity index (χ4v) is 3.67. The Morgan fingerprint density at radius 1 is 1.03 bits per heavy atom. The number of halogens is 1. The molecule has 1 atom stereocenters. The van der Waals surface area contributed by atoms with Crippen LogP contribution in [0.5, 0.6) is 0 Å². The Bertz CT molecular complexity index is 1180. The van der Waals surface area contributed by atoms with Gasteiger partial charge in [-0.05, 0) is 42.8 Å². The minimum Gasteiger partial charge on any atom is -0.383 e. The Hall–Kier alpha value is -3.36. The van der Waals surface area contributed by atoms with Crippen molar-refractivity contribution < 1.29 is 13.9 Å². The smallest absolute Gasteiger partial charge is 0.223 e. The van der Waals surface area contributed by atoms with E-state index in [9.17, 15) is 4.39 Å². The summed E-state index contributed by atoms with van der Waals surface area (Å²) in [6.07, 6.45) is 3.45. The largest absolute Gasteiger partial charge is 0.383 e. The van der Waals surface area contributed by atoms with E-state index in [1.54, 1.807) is 38.7 Å². The number of rotatable bonds is 8. The van der Waals surface area contributed by atoms with E-state index in [2.05, 4.69) is 15.3 Å². The quantitative estimate of drug-likeness (QED) is 0.456. The molecule has 160 valence electrons. The fraction of sp³-hybridized carbons (Fsp3) is 0.261. The fourth-order valence-electron chi connectivity index (χ4n) is 3.67. The zero-order valence-electron chi connectivity index (χ0n) is 17.7. The van der Waals surface area contributed by atoms with Gasteiger partial charge in [-0.3, -0.25) is 4.98 Å². The number of ether oxygens (including phenoxy) is 2. The first kappa shape index (κ1) is 20.9. The average Bonchev–Trinajstić information content (AvgIpc) is 3.09. The molecule has 0 aliphatic rings. The second-order valence-electron chi connectivity index (χ2n) is 7.21. The van der Waals surface area contributed by atoms with Crippen LogP contribution >= 0.6 is 0 Å². The van der Waals surface area contributed by atoms with Crippen LogP contribution in [0.25, 0.3) is 33.5 Å². The van der Waals surface area contributed by atoms with Crippen LogP contribution in [0.4, 0.5) is 10.3 Å². The SMILES string of the molecule is COCC(C)Nc1nccc(-c2c(-c3ccc(F)cc3)c3ncccc3n2COC)n1. The number of anilines is 1. The summed E-state index contributed by atoms with van der Waals surface area (Å²) >= 11 is 0. The predicted molar refractivity (Wildman–Crippen MR) is 118 cm³/mol. The summed E-state index contributed by atoms with van der Waals surface area (Å²) in [7, 11) is 3.30. The van der Waals surface area contributed by atoms with Crippen molar-refractivity contribution in [2.24, 2.45) is 0 Å². The summed E-state index contributed by atoms with van der Waals surface area (Å²) in [6, 6.07) is 12.1. The Balaban J connectivity index is 1.93. The summed E-state index contributed by atoms with van der Waals surface area (Å²) < 4.78 is 26.3. The highest BCUT2D eigenvalue weighted by atomic mass is 19.1. The summed E-state index contributed by atoms with van der Waals surface area (Å²) in [5.74, 6) is 0.203. The Morgan fingerprint density at radius 3 is 2.58 bits per heavy atom. The normalized spacial score (nSPS) is 12.3. The third-order valence-electron chi connectivity index (χ3n) is 4.90. The molecule has 4 aromatic rings. The molecule has 3 aromatic heterocycles. The molecule has 0 saturated carbocycles. The van der Waals surface area contributed by atoms with Crippen molar-refractivity contribution in [3.8, 4) is 22.5 Å². The van der Waals surface area contributed by atoms with Crippen LogP contribution in [-0.4, -0.2) is 46.4 Å². The average molecular weight is 421 g/mol. The van der Waals surface area contributed by atoms with Gasteiger partial charge < -0.3 is 19.4 Å². The highest BCUT2D eigenvalue weighted by Crippen LogP contribution is 2.39. The number of nitrogens with one attached hydrogen (secondary N) is 1. The van der Waals surface area contributed by atoms with Gasteiger partial charge in [-0.25, -0.2) is 14.4 Å². The van der Waals surface area contributed by atoms with Gasteiger partial charge in [-0.1, -0.05) is 12.1 Å². The van der Waals surface area contributed by atoms with Crippen molar-refractivity contribution in [1.82, 2.24) is 19.5 Å². The van der Waals surface area contributed by atoms with Crippen LogP contribution in [0.1, 0.15) is 6.92 Å². The lowest BCUT2D eigenvalue weighted by Gasteiger charge is -2.15. The Morgan fingerprint density at radius 2 is 1.84 bits per heavy atom. The van der Waals surface area contributed by atoms with Crippen LogP contribution in [0.2, 0.25) is 0 Å². The molecule has 3 heterocycles. The van der Waals surface area contributed by atoms with Gasteiger partial charge in [0.05, 0.1) is 29.0 Å². The molecule has 31 heavy (non-hydrogen) atoms. The van der Waals surface area contributed by atoms with Crippen LogP contribution in [0, 0.1) is 5.82 Å². The molecule has 4 rings (SSSR count). The lowest BCUT2D eigenvalue weighted by atomic mass is 10.0. The maximum atomic E-state index is 13.6. The zero-order valence-corrected chi connectivity index (χ0v) is 17.7. The second kappa shape index (κ2) is 9.20. The molecule has 0 fully saturated rings. The Labute approximate surface area is 179 Å². The number of hydrogen-bond acceptors (Lipinski definition) is 6.